The van der Waals surface area contributed by atoms with E-state index in [1.807, 2.05) is 37.3 Å². The first-order valence-corrected chi connectivity index (χ1v) is 9.58. The molecule has 0 radical (unpaired) electrons. The van der Waals surface area contributed by atoms with Crippen molar-refractivity contribution in [3.05, 3.63) is 40.6 Å². The van der Waals surface area contributed by atoms with Gasteiger partial charge in [0.1, 0.15) is 5.69 Å². The third-order valence-corrected chi connectivity index (χ3v) is 4.94. The maximum atomic E-state index is 12.8. The van der Waals surface area contributed by atoms with E-state index in [2.05, 4.69) is 43.3 Å². The lowest BCUT2D eigenvalue weighted by atomic mass is 10.1. The minimum absolute atomic E-state index is 0.0725. The van der Waals surface area contributed by atoms with Gasteiger partial charge in [0.25, 0.3) is 5.91 Å². The molecule has 26 heavy (non-hydrogen) atoms. The van der Waals surface area contributed by atoms with Gasteiger partial charge in [0.05, 0.1) is 18.9 Å². The lowest BCUT2D eigenvalue weighted by molar-refractivity contribution is 0.0945. The molecule has 0 saturated carbocycles. The van der Waals surface area contributed by atoms with E-state index >= 15 is 0 Å². The molecule has 0 atom stereocenters. The predicted octanol–water partition coefficient (Wildman–Crippen LogP) is 2.57. The molecular formula is C19H25BrN4O2. The van der Waals surface area contributed by atoms with Crippen LogP contribution in [0, 0.1) is 0 Å². The molecule has 3 rings (SSSR count). The molecule has 1 aliphatic heterocycles. The van der Waals surface area contributed by atoms with Crippen molar-refractivity contribution < 1.29 is 9.53 Å². The Labute approximate surface area is 162 Å². The number of ether oxygens (including phenoxy) is 1. The van der Waals surface area contributed by atoms with Crippen molar-refractivity contribution in [2.75, 3.05) is 58.4 Å². The van der Waals surface area contributed by atoms with E-state index in [4.69, 9.17) is 4.74 Å². The number of aromatic amines is 1. The van der Waals surface area contributed by atoms with Gasteiger partial charge in [-0.2, -0.15) is 0 Å². The highest BCUT2D eigenvalue weighted by atomic mass is 79.9. The molecule has 7 heteroatoms. The Balaban J connectivity index is 1.91. The highest BCUT2D eigenvalue weighted by Gasteiger charge is 2.24. The molecule has 0 bridgehead atoms. The van der Waals surface area contributed by atoms with Gasteiger partial charge in [-0.25, -0.2) is 0 Å². The molecular weight excluding hydrogens is 396 g/mol. The standard InChI is InChI=1S/C19H25BrN4O2/c1-23(2)8-7-21-19(25)17-18(24-9-11-26-12-10-24)16(13-22-17)14-3-5-15(20)6-4-14/h3-6,13,22H,7-12H2,1-2H3,(H,21,25). The number of anilines is 1. The fourth-order valence-corrected chi connectivity index (χ4v) is 3.30. The van der Waals surface area contributed by atoms with Crippen LogP contribution in [0.2, 0.25) is 0 Å². The van der Waals surface area contributed by atoms with E-state index < -0.39 is 0 Å². The second kappa shape index (κ2) is 8.70. The predicted molar refractivity (Wildman–Crippen MR) is 108 cm³/mol. The fourth-order valence-electron chi connectivity index (χ4n) is 3.04. The van der Waals surface area contributed by atoms with Gasteiger partial charge in [-0.15, -0.1) is 0 Å². The summed E-state index contributed by atoms with van der Waals surface area (Å²) in [5, 5.41) is 3.01. The van der Waals surface area contributed by atoms with Crippen molar-refractivity contribution in [1.82, 2.24) is 15.2 Å². The maximum Gasteiger partial charge on any atom is 0.269 e. The number of hydrogen-bond donors (Lipinski definition) is 2. The number of H-pyrrole nitrogens is 1. The third kappa shape index (κ3) is 4.47. The molecule has 2 heterocycles. The van der Waals surface area contributed by atoms with Gasteiger partial charge < -0.3 is 24.8 Å². The molecule has 1 aliphatic rings. The highest BCUT2D eigenvalue weighted by molar-refractivity contribution is 9.10. The molecule has 1 amide bonds. The largest absolute Gasteiger partial charge is 0.378 e. The smallest absolute Gasteiger partial charge is 0.269 e. The number of hydrogen-bond acceptors (Lipinski definition) is 4. The van der Waals surface area contributed by atoms with Gasteiger partial charge in [0, 0.05) is 42.4 Å². The number of nitrogens with zero attached hydrogens (tertiary/aromatic N) is 2. The molecule has 0 unspecified atom stereocenters. The average molecular weight is 421 g/mol. The zero-order valence-electron chi connectivity index (χ0n) is 15.2. The second-order valence-corrected chi connectivity index (χ2v) is 7.51. The highest BCUT2D eigenvalue weighted by Crippen LogP contribution is 2.35. The summed E-state index contributed by atoms with van der Waals surface area (Å²) < 4.78 is 6.52. The number of aromatic nitrogens is 1. The number of nitrogens with one attached hydrogen (secondary N) is 2. The quantitative estimate of drug-likeness (QED) is 0.753. The van der Waals surface area contributed by atoms with E-state index in [1.54, 1.807) is 0 Å². The number of likely N-dealkylation sites (N-methyl/N-ethyl adjacent to an activating group) is 1. The van der Waals surface area contributed by atoms with Crippen LogP contribution in [-0.2, 0) is 4.74 Å². The molecule has 0 aliphatic carbocycles. The van der Waals surface area contributed by atoms with Gasteiger partial charge in [-0.3, -0.25) is 4.79 Å². The van der Waals surface area contributed by atoms with E-state index in [1.165, 1.54) is 0 Å². The summed E-state index contributed by atoms with van der Waals surface area (Å²) >= 11 is 3.48. The van der Waals surface area contributed by atoms with Gasteiger partial charge in [-0.1, -0.05) is 28.1 Å². The lowest BCUT2D eigenvalue weighted by Crippen LogP contribution is -2.38. The number of amides is 1. The van der Waals surface area contributed by atoms with Crippen molar-refractivity contribution in [3.8, 4) is 11.1 Å². The summed E-state index contributed by atoms with van der Waals surface area (Å²) in [6, 6.07) is 8.15. The Hall–Kier alpha value is -1.83. The Morgan fingerprint density at radius 3 is 2.62 bits per heavy atom. The molecule has 6 nitrogen and oxygen atoms in total. The first-order chi connectivity index (χ1) is 12.6. The van der Waals surface area contributed by atoms with Gasteiger partial charge in [0.2, 0.25) is 0 Å². The normalized spacial score (nSPS) is 14.7. The topological polar surface area (TPSA) is 60.6 Å². The first kappa shape index (κ1) is 18.9. The van der Waals surface area contributed by atoms with Gasteiger partial charge >= 0.3 is 0 Å². The van der Waals surface area contributed by atoms with Crippen LogP contribution < -0.4 is 10.2 Å². The van der Waals surface area contributed by atoms with Crippen LogP contribution in [0.3, 0.4) is 0 Å². The average Bonchev–Trinajstić information content (AvgIpc) is 3.08. The molecule has 0 spiro atoms. The Morgan fingerprint density at radius 1 is 1.27 bits per heavy atom. The zero-order valence-corrected chi connectivity index (χ0v) is 16.8. The summed E-state index contributed by atoms with van der Waals surface area (Å²) in [4.78, 5) is 20.2. The fraction of sp³-hybridized carbons (Fsp3) is 0.421. The van der Waals surface area contributed by atoms with E-state index in [-0.39, 0.29) is 5.91 Å². The first-order valence-electron chi connectivity index (χ1n) is 8.79. The van der Waals surface area contributed by atoms with Crippen LogP contribution >= 0.6 is 15.9 Å². The van der Waals surface area contributed by atoms with Crippen molar-refractivity contribution >= 4 is 27.5 Å². The second-order valence-electron chi connectivity index (χ2n) is 6.59. The summed E-state index contributed by atoms with van der Waals surface area (Å²) in [6.45, 7) is 4.32. The third-order valence-electron chi connectivity index (χ3n) is 4.41. The Morgan fingerprint density at radius 2 is 1.96 bits per heavy atom. The van der Waals surface area contributed by atoms with Crippen LogP contribution in [-0.4, -0.2) is 69.3 Å². The van der Waals surface area contributed by atoms with Gasteiger partial charge in [0.15, 0.2) is 0 Å². The van der Waals surface area contributed by atoms with E-state index in [0.717, 1.165) is 40.9 Å². The van der Waals surface area contributed by atoms with Crippen LogP contribution in [0.5, 0.6) is 0 Å². The maximum absolute atomic E-state index is 12.8. The molecule has 1 aromatic heterocycles. The summed E-state index contributed by atoms with van der Waals surface area (Å²) in [5.74, 6) is -0.0725. The number of benzene rings is 1. The van der Waals surface area contributed by atoms with Crippen LogP contribution in [0.4, 0.5) is 5.69 Å². The molecule has 1 aromatic carbocycles. The number of halogens is 1. The minimum Gasteiger partial charge on any atom is -0.378 e. The van der Waals surface area contributed by atoms with Crippen molar-refractivity contribution in [3.63, 3.8) is 0 Å². The van der Waals surface area contributed by atoms with Crippen LogP contribution in [0.15, 0.2) is 34.9 Å². The monoisotopic (exact) mass is 420 g/mol. The summed E-state index contributed by atoms with van der Waals surface area (Å²) in [6.07, 6.45) is 1.93. The molecule has 2 aromatic rings. The number of rotatable bonds is 6. The van der Waals surface area contributed by atoms with Crippen molar-refractivity contribution in [1.29, 1.82) is 0 Å². The van der Waals surface area contributed by atoms with Crippen LogP contribution in [0.25, 0.3) is 11.1 Å². The molecule has 2 N–H and O–H groups in total. The SMILES string of the molecule is CN(C)CCNC(=O)c1[nH]cc(-c2ccc(Br)cc2)c1N1CCOCC1. The summed E-state index contributed by atoms with van der Waals surface area (Å²) in [5.41, 5.74) is 3.69. The molecule has 140 valence electrons. The molecule has 1 fully saturated rings. The number of carbonyl (C=O) groups is 1. The zero-order chi connectivity index (χ0) is 18.5. The van der Waals surface area contributed by atoms with Crippen molar-refractivity contribution in [2.24, 2.45) is 0 Å². The lowest BCUT2D eigenvalue weighted by Gasteiger charge is -2.30. The van der Waals surface area contributed by atoms with Crippen LogP contribution in [0.1, 0.15) is 10.5 Å². The Kier molecular flexibility index (Phi) is 6.34. The summed E-state index contributed by atoms with van der Waals surface area (Å²) in [7, 11) is 3.98. The van der Waals surface area contributed by atoms with E-state index in [0.29, 0.717) is 25.5 Å². The van der Waals surface area contributed by atoms with Crippen molar-refractivity contribution in [2.45, 2.75) is 0 Å². The number of carbonyl (C=O) groups excluding carboxylic acids is 1. The Bertz CT molecular complexity index is 736. The molecule has 1 saturated heterocycles. The minimum atomic E-state index is -0.0725. The number of morpholine rings is 1. The van der Waals surface area contributed by atoms with Gasteiger partial charge in [-0.05, 0) is 31.8 Å². The van der Waals surface area contributed by atoms with E-state index in [9.17, 15) is 4.79 Å².